The predicted molar refractivity (Wildman–Crippen MR) is 27.8 cm³/mol. The second-order valence-electron chi connectivity index (χ2n) is 1.97. The lowest BCUT2D eigenvalue weighted by Crippen LogP contribution is -2.76. The molecule has 7 N–H and O–H groups in total. The second-order valence-corrected chi connectivity index (χ2v) is 1.97. The van der Waals surface area contributed by atoms with Crippen molar-refractivity contribution >= 4 is 0 Å². The molecule has 0 saturated carbocycles. The molecule has 0 radical (unpaired) electrons. The smallest absolute Gasteiger partial charge is 0.139 e. The van der Waals surface area contributed by atoms with Crippen LogP contribution in [0.4, 0.5) is 0 Å². The largest absolute Gasteiger partial charge is 0.343 e. The van der Waals surface area contributed by atoms with Crippen LogP contribution in [0.1, 0.15) is 13.8 Å². The van der Waals surface area contributed by atoms with Gasteiger partial charge in [0.25, 0.3) is 0 Å². The van der Waals surface area contributed by atoms with Crippen LogP contribution in [0.2, 0.25) is 0 Å². The average molecular weight is 105 g/mol. The monoisotopic (exact) mass is 105 g/mol. The Morgan fingerprint density at radius 1 is 1.14 bits per heavy atom. The molecule has 0 aliphatic heterocycles. The number of nitrogens with one attached hydrogen (secondary N) is 1. The first kappa shape index (κ1) is 6.88. The molecule has 0 fully saturated rings. The summed E-state index contributed by atoms with van der Waals surface area (Å²) in [7, 11) is 0. The van der Waals surface area contributed by atoms with Crippen molar-refractivity contribution in [3.8, 4) is 0 Å². The molecule has 0 aliphatic carbocycles. The van der Waals surface area contributed by atoms with Crippen molar-refractivity contribution in [2.75, 3.05) is 0 Å². The highest BCUT2D eigenvalue weighted by molar-refractivity contribution is 4.39. The van der Waals surface area contributed by atoms with E-state index in [-0.39, 0.29) is 0 Å². The van der Waals surface area contributed by atoms with E-state index in [4.69, 9.17) is 0 Å². The summed E-state index contributed by atoms with van der Waals surface area (Å²) in [5.41, 5.74) is 7.46. The number of hydrogen-bond donors (Lipinski definition) is 3. The molecule has 44 valence electrons. The van der Waals surface area contributed by atoms with Gasteiger partial charge in [0.05, 0.1) is 0 Å². The molecule has 7 heavy (non-hydrogen) atoms. The lowest BCUT2D eigenvalue weighted by molar-refractivity contribution is -0.472. The molecule has 0 spiro atoms. The summed E-state index contributed by atoms with van der Waals surface area (Å²) in [6.07, 6.45) is 0.625. The predicted octanol–water partition coefficient (Wildman–Crippen LogP) is -2.25. The first-order chi connectivity index (χ1) is 3.13. The molecule has 0 bridgehead atoms. The summed E-state index contributed by atoms with van der Waals surface area (Å²) >= 11 is 0. The summed E-state index contributed by atoms with van der Waals surface area (Å²) in [4.78, 5) is 0. The molecule has 2 atom stereocenters. The zero-order chi connectivity index (χ0) is 5.86. The Bertz CT molecular complexity index is 36.2. The van der Waals surface area contributed by atoms with Crippen molar-refractivity contribution in [3.63, 3.8) is 0 Å². The first-order valence-corrected chi connectivity index (χ1v) is 2.55. The molecular formula is C4H15N3+2. The summed E-state index contributed by atoms with van der Waals surface area (Å²) in [5, 5.41) is 3.08. The number of hydrogen-bond acceptors (Lipinski definition) is 1. The maximum absolute atomic E-state index is 3.73. The molecule has 3 nitrogen and oxygen atoms in total. The van der Waals surface area contributed by atoms with E-state index in [1.54, 1.807) is 0 Å². The van der Waals surface area contributed by atoms with Gasteiger partial charge in [0.1, 0.15) is 12.3 Å². The highest BCUT2D eigenvalue weighted by atomic mass is 15.1. The SMILES string of the molecule is CC([NH3+])NC(C)[NH3+]. The molecule has 0 heterocycles. The van der Waals surface area contributed by atoms with Crippen molar-refractivity contribution in [3.05, 3.63) is 0 Å². The summed E-state index contributed by atoms with van der Waals surface area (Å²) in [5.74, 6) is 0. The van der Waals surface area contributed by atoms with E-state index in [0.29, 0.717) is 12.3 Å². The van der Waals surface area contributed by atoms with Crippen LogP contribution in [0, 0.1) is 0 Å². The normalized spacial score (nSPS) is 18.9. The van der Waals surface area contributed by atoms with Crippen LogP contribution in [0.15, 0.2) is 0 Å². The summed E-state index contributed by atoms with van der Waals surface area (Å²) in [6.45, 7) is 4.00. The van der Waals surface area contributed by atoms with Crippen LogP contribution >= 0.6 is 0 Å². The Morgan fingerprint density at radius 3 is 1.43 bits per heavy atom. The van der Waals surface area contributed by atoms with E-state index >= 15 is 0 Å². The molecule has 0 aliphatic rings. The van der Waals surface area contributed by atoms with Gasteiger partial charge in [-0.3, -0.25) is 0 Å². The Kier molecular flexibility index (Phi) is 2.91. The molecule has 2 unspecified atom stereocenters. The van der Waals surface area contributed by atoms with Gasteiger partial charge in [-0.05, 0) is 0 Å². The second kappa shape index (κ2) is 2.96. The van der Waals surface area contributed by atoms with Gasteiger partial charge in [0.2, 0.25) is 0 Å². The average Bonchev–Trinajstić information content (AvgIpc) is 1.27. The fourth-order valence-electron chi connectivity index (χ4n) is 0.486. The van der Waals surface area contributed by atoms with Gasteiger partial charge >= 0.3 is 0 Å². The highest BCUT2D eigenvalue weighted by Crippen LogP contribution is 1.62. The van der Waals surface area contributed by atoms with E-state index in [1.807, 2.05) is 13.8 Å². The van der Waals surface area contributed by atoms with Gasteiger partial charge in [-0.15, -0.1) is 0 Å². The van der Waals surface area contributed by atoms with E-state index in [1.165, 1.54) is 0 Å². The standard InChI is InChI=1S/C4H13N3/c1-3(5)7-4(2)6/h3-4,7H,5-6H2,1-2H3/p+2. The minimum atomic E-state index is 0.312. The maximum Gasteiger partial charge on any atom is 0.139 e. The Labute approximate surface area is 44.1 Å². The van der Waals surface area contributed by atoms with Gasteiger partial charge in [0, 0.05) is 13.8 Å². The Hall–Kier alpha value is -0.120. The summed E-state index contributed by atoms with van der Waals surface area (Å²) < 4.78 is 0. The lowest BCUT2D eigenvalue weighted by atomic mass is 10.5. The van der Waals surface area contributed by atoms with Crippen LogP contribution in [0.25, 0.3) is 0 Å². The lowest BCUT2D eigenvalue weighted by Gasteiger charge is -2.04. The first-order valence-electron chi connectivity index (χ1n) is 2.55. The van der Waals surface area contributed by atoms with E-state index in [0.717, 1.165) is 0 Å². The van der Waals surface area contributed by atoms with Crippen LogP contribution in [0.5, 0.6) is 0 Å². The Balaban J connectivity index is 2.95. The van der Waals surface area contributed by atoms with Crippen molar-refractivity contribution in [1.82, 2.24) is 5.32 Å². The van der Waals surface area contributed by atoms with E-state index in [9.17, 15) is 0 Å². The molecule has 0 aromatic rings. The van der Waals surface area contributed by atoms with Gasteiger partial charge in [-0.1, -0.05) is 0 Å². The molecular weight excluding hydrogens is 90.1 g/mol. The third-order valence-corrected chi connectivity index (χ3v) is 0.569. The van der Waals surface area contributed by atoms with Gasteiger partial charge in [0.15, 0.2) is 0 Å². The molecule has 0 rings (SSSR count). The molecule has 3 heteroatoms. The number of rotatable bonds is 2. The van der Waals surface area contributed by atoms with Gasteiger partial charge in [-0.2, -0.15) is 0 Å². The van der Waals surface area contributed by atoms with Gasteiger partial charge < -0.3 is 11.5 Å². The Morgan fingerprint density at radius 2 is 1.43 bits per heavy atom. The fraction of sp³-hybridized carbons (Fsp3) is 1.00. The third kappa shape index (κ3) is 5.88. The van der Waals surface area contributed by atoms with Crippen LogP contribution in [0.3, 0.4) is 0 Å². The minimum absolute atomic E-state index is 0.312. The minimum Gasteiger partial charge on any atom is -0.343 e. The van der Waals surface area contributed by atoms with E-state index < -0.39 is 0 Å². The van der Waals surface area contributed by atoms with Crippen molar-refractivity contribution in [2.45, 2.75) is 26.2 Å². The quantitative estimate of drug-likeness (QED) is 0.341. The molecule has 0 amide bonds. The fourth-order valence-corrected chi connectivity index (χ4v) is 0.486. The highest BCUT2D eigenvalue weighted by Gasteiger charge is 1.99. The molecule has 0 aromatic carbocycles. The van der Waals surface area contributed by atoms with Crippen LogP contribution < -0.4 is 16.8 Å². The zero-order valence-corrected chi connectivity index (χ0v) is 5.07. The van der Waals surface area contributed by atoms with Crippen LogP contribution in [-0.4, -0.2) is 12.3 Å². The molecule has 0 saturated heterocycles. The summed E-state index contributed by atoms with van der Waals surface area (Å²) in [6, 6.07) is 0. The van der Waals surface area contributed by atoms with E-state index in [2.05, 4.69) is 16.8 Å². The third-order valence-electron chi connectivity index (χ3n) is 0.569. The molecule has 0 aromatic heterocycles. The van der Waals surface area contributed by atoms with Crippen molar-refractivity contribution in [1.29, 1.82) is 0 Å². The van der Waals surface area contributed by atoms with Crippen molar-refractivity contribution < 1.29 is 11.5 Å². The number of quaternary nitrogens is 2. The maximum atomic E-state index is 3.73. The van der Waals surface area contributed by atoms with Crippen molar-refractivity contribution in [2.24, 2.45) is 0 Å². The van der Waals surface area contributed by atoms with Crippen LogP contribution in [-0.2, 0) is 0 Å². The zero-order valence-electron chi connectivity index (χ0n) is 5.07. The van der Waals surface area contributed by atoms with Gasteiger partial charge in [-0.25, -0.2) is 5.32 Å². The topological polar surface area (TPSA) is 67.3 Å².